The summed E-state index contributed by atoms with van der Waals surface area (Å²) in [6.45, 7) is 4.30. The number of hydrogen-bond acceptors (Lipinski definition) is 7. The molecule has 31 heavy (non-hydrogen) atoms. The third-order valence-corrected chi connectivity index (χ3v) is 7.14. The molecule has 9 heteroatoms. The number of benzene rings is 1. The van der Waals surface area contributed by atoms with Crippen LogP contribution >= 0.6 is 0 Å². The van der Waals surface area contributed by atoms with E-state index in [4.69, 9.17) is 0 Å². The van der Waals surface area contributed by atoms with Gasteiger partial charge in [0.25, 0.3) is 0 Å². The first-order chi connectivity index (χ1) is 14.9. The molecule has 3 heterocycles. The van der Waals surface area contributed by atoms with Crippen LogP contribution in [0.15, 0.2) is 48.8 Å². The van der Waals surface area contributed by atoms with E-state index in [9.17, 15) is 8.42 Å². The number of anilines is 2. The second kappa shape index (κ2) is 9.07. The first-order valence-corrected chi connectivity index (χ1v) is 12.0. The molecule has 162 valence electrons. The van der Waals surface area contributed by atoms with Gasteiger partial charge in [0, 0.05) is 17.9 Å². The van der Waals surface area contributed by atoms with Crippen LogP contribution in [0.1, 0.15) is 41.5 Å². The van der Waals surface area contributed by atoms with Gasteiger partial charge in [0.15, 0.2) is 5.82 Å². The molecular weight excluding hydrogens is 412 g/mol. The third-order valence-electron chi connectivity index (χ3n) is 5.27. The Morgan fingerprint density at radius 2 is 1.81 bits per heavy atom. The number of nitrogens with one attached hydrogen (secondary N) is 1. The van der Waals surface area contributed by atoms with Crippen LogP contribution < -0.4 is 5.32 Å². The molecule has 8 nitrogen and oxygen atoms in total. The number of rotatable bonds is 7. The van der Waals surface area contributed by atoms with Gasteiger partial charge in [0.05, 0.1) is 29.9 Å². The molecule has 1 fully saturated rings. The van der Waals surface area contributed by atoms with E-state index in [1.807, 2.05) is 50.2 Å². The highest BCUT2D eigenvalue weighted by Gasteiger charge is 2.36. The second-order valence-electron chi connectivity index (χ2n) is 7.75. The third kappa shape index (κ3) is 5.23. The average molecular weight is 439 g/mol. The summed E-state index contributed by atoms with van der Waals surface area (Å²) < 4.78 is 27.7. The van der Waals surface area contributed by atoms with E-state index in [-0.39, 0.29) is 11.8 Å². The smallest absolute Gasteiger partial charge is 0.228 e. The lowest BCUT2D eigenvalue weighted by molar-refractivity contribution is 0.390. The van der Waals surface area contributed by atoms with Crippen LogP contribution in [0.4, 0.5) is 11.8 Å². The predicted molar refractivity (Wildman–Crippen MR) is 119 cm³/mol. The first kappa shape index (κ1) is 21.3. The van der Waals surface area contributed by atoms with Gasteiger partial charge in [-0.1, -0.05) is 30.3 Å². The fourth-order valence-electron chi connectivity index (χ4n) is 3.88. The SMILES string of the molecule is Cc1cc(C)nc(Nc2cncc([C@@H]3CCCN3S(=O)(=O)CCc3ccccc3)n2)n1. The van der Waals surface area contributed by atoms with Gasteiger partial charge in [-0.25, -0.2) is 23.4 Å². The number of aromatic nitrogens is 4. The van der Waals surface area contributed by atoms with E-state index < -0.39 is 10.0 Å². The molecule has 0 bridgehead atoms. The molecule has 0 spiro atoms. The van der Waals surface area contributed by atoms with E-state index in [1.165, 1.54) is 0 Å². The molecule has 3 aromatic rings. The van der Waals surface area contributed by atoms with Crippen molar-refractivity contribution < 1.29 is 8.42 Å². The van der Waals surface area contributed by atoms with Gasteiger partial charge in [0.1, 0.15) is 0 Å². The molecule has 0 unspecified atom stereocenters. The van der Waals surface area contributed by atoms with E-state index in [0.29, 0.717) is 30.4 Å². The Morgan fingerprint density at radius 1 is 1.06 bits per heavy atom. The Hall–Kier alpha value is -2.91. The minimum atomic E-state index is -3.42. The van der Waals surface area contributed by atoms with Gasteiger partial charge in [-0.05, 0) is 44.7 Å². The Bertz CT molecular complexity index is 1130. The van der Waals surface area contributed by atoms with Crippen LogP contribution in [0.25, 0.3) is 0 Å². The van der Waals surface area contributed by atoms with Gasteiger partial charge in [-0.15, -0.1) is 0 Å². The molecule has 0 aliphatic carbocycles. The van der Waals surface area contributed by atoms with Crippen molar-refractivity contribution in [1.29, 1.82) is 0 Å². The van der Waals surface area contributed by atoms with Gasteiger partial charge >= 0.3 is 0 Å². The second-order valence-corrected chi connectivity index (χ2v) is 9.79. The molecule has 0 radical (unpaired) electrons. The Morgan fingerprint density at radius 3 is 2.55 bits per heavy atom. The number of sulfonamides is 1. The van der Waals surface area contributed by atoms with Crippen molar-refractivity contribution in [1.82, 2.24) is 24.2 Å². The molecule has 2 aromatic heterocycles. The van der Waals surface area contributed by atoms with Crippen LogP contribution in [0.3, 0.4) is 0 Å². The van der Waals surface area contributed by atoms with E-state index in [2.05, 4.69) is 25.3 Å². The number of nitrogens with zero attached hydrogens (tertiary/aromatic N) is 5. The molecule has 1 N–H and O–H groups in total. The lowest BCUT2D eigenvalue weighted by Gasteiger charge is -2.23. The largest absolute Gasteiger partial charge is 0.307 e. The fraction of sp³-hybridized carbons (Fsp3) is 0.364. The molecule has 1 atom stereocenters. The van der Waals surface area contributed by atoms with Gasteiger partial charge < -0.3 is 5.32 Å². The summed E-state index contributed by atoms with van der Waals surface area (Å²) in [6.07, 6.45) is 5.25. The maximum absolute atomic E-state index is 13.1. The average Bonchev–Trinajstić information content (AvgIpc) is 3.24. The summed E-state index contributed by atoms with van der Waals surface area (Å²) in [6, 6.07) is 11.3. The number of aryl methyl sites for hydroxylation is 3. The maximum Gasteiger partial charge on any atom is 0.228 e. The Kier molecular flexibility index (Phi) is 6.24. The first-order valence-electron chi connectivity index (χ1n) is 10.4. The monoisotopic (exact) mass is 438 g/mol. The minimum absolute atomic E-state index is 0.0787. The molecule has 1 saturated heterocycles. The quantitative estimate of drug-likeness (QED) is 0.604. The van der Waals surface area contributed by atoms with E-state index >= 15 is 0 Å². The standard InChI is InChI=1S/C22H26N6O2S/c1-16-13-17(2)25-22(24-16)27-21-15-23-14-19(26-21)20-9-6-11-28(20)31(29,30)12-10-18-7-4-3-5-8-18/h3-5,7-8,13-15,20H,6,9-12H2,1-2H3,(H,24,25,26,27)/t20-/m0/s1. The molecule has 0 amide bonds. The van der Waals surface area contributed by atoms with Crippen molar-refractivity contribution in [2.75, 3.05) is 17.6 Å². The lowest BCUT2D eigenvalue weighted by Crippen LogP contribution is -2.33. The molecule has 0 saturated carbocycles. The zero-order valence-corrected chi connectivity index (χ0v) is 18.5. The highest BCUT2D eigenvalue weighted by atomic mass is 32.2. The van der Waals surface area contributed by atoms with Crippen LogP contribution in [0.5, 0.6) is 0 Å². The van der Waals surface area contributed by atoms with Crippen LogP contribution in [0, 0.1) is 13.8 Å². The van der Waals surface area contributed by atoms with Crippen molar-refractivity contribution >= 4 is 21.8 Å². The van der Waals surface area contributed by atoms with Crippen LogP contribution in [0.2, 0.25) is 0 Å². The van der Waals surface area contributed by atoms with Crippen molar-refractivity contribution in [3.8, 4) is 0 Å². The van der Waals surface area contributed by atoms with Crippen LogP contribution in [-0.4, -0.2) is 45.0 Å². The molecular formula is C22H26N6O2S. The number of hydrogen-bond donors (Lipinski definition) is 1. The highest BCUT2D eigenvalue weighted by molar-refractivity contribution is 7.89. The van der Waals surface area contributed by atoms with Gasteiger partial charge in [-0.3, -0.25) is 4.98 Å². The molecule has 1 aliphatic heterocycles. The minimum Gasteiger partial charge on any atom is -0.307 e. The zero-order valence-electron chi connectivity index (χ0n) is 17.7. The fourth-order valence-corrected chi connectivity index (χ4v) is 5.61. The summed E-state index contributed by atoms with van der Waals surface area (Å²) in [5, 5.41) is 3.09. The summed E-state index contributed by atoms with van der Waals surface area (Å²) in [5.74, 6) is 1.02. The van der Waals surface area contributed by atoms with Crippen molar-refractivity contribution in [2.45, 2.75) is 39.2 Å². The van der Waals surface area contributed by atoms with E-state index in [1.54, 1.807) is 16.7 Å². The lowest BCUT2D eigenvalue weighted by atomic mass is 10.2. The Labute approximate surface area is 182 Å². The predicted octanol–water partition coefficient (Wildman–Crippen LogP) is 3.34. The van der Waals surface area contributed by atoms with Crippen molar-refractivity contribution in [3.05, 3.63) is 71.4 Å². The van der Waals surface area contributed by atoms with Crippen molar-refractivity contribution in [3.63, 3.8) is 0 Å². The van der Waals surface area contributed by atoms with Gasteiger partial charge in [0.2, 0.25) is 16.0 Å². The maximum atomic E-state index is 13.1. The summed E-state index contributed by atoms with van der Waals surface area (Å²) in [7, 11) is -3.42. The summed E-state index contributed by atoms with van der Waals surface area (Å²) in [5.41, 5.74) is 3.35. The summed E-state index contributed by atoms with van der Waals surface area (Å²) >= 11 is 0. The van der Waals surface area contributed by atoms with Gasteiger partial charge in [-0.2, -0.15) is 4.31 Å². The normalized spacial score (nSPS) is 17.0. The summed E-state index contributed by atoms with van der Waals surface area (Å²) in [4.78, 5) is 17.6. The zero-order chi connectivity index (χ0) is 21.8. The Balaban J connectivity index is 1.51. The van der Waals surface area contributed by atoms with Crippen molar-refractivity contribution in [2.24, 2.45) is 0 Å². The molecule has 1 aromatic carbocycles. The topological polar surface area (TPSA) is 101 Å². The van der Waals surface area contributed by atoms with Crippen LogP contribution in [-0.2, 0) is 16.4 Å². The highest BCUT2D eigenvalue weighted by Crippen LogP contribution is 2.34. The molecule has 4 rings (SSSR count). The van der Waals surface area contributed by atoms with E-state index in [0.717, 1.165) is 29.8 Å². The molecule has 1 aliphatic rings.